The highest BCUT2D eigenvalue weighted by Crippen LogP contribution is 2.23. The Morgan fingerprint density at radius 1 is 1.16 bits per heavy atom. The molecule has 0 N–H and O–H groups in total. The number of hydrogen-bond donors (Lipinski definition) is 0. The van der Waals surface area contributed by atoms with Gasteiger partial charge in [0, 0.05) is 12.4 Å². The fourth-order valence-electron chi connectivity index (χ4n) is 1.13. The minimum Gasteiger partial charge on any atom is -0.463 e. The Labute approximate surface area is 120 Å². The highest BCUT2D eigenvalue weighted by molar-refractivity contribution is 7.99. The van der Waals surface area contributed by atoms with Crippen LogP contribution < -0.4 is 4.74 Å². The predicted octanol–water partition coefficient (Wildman–Crippen LogP) is 2.56. The smallest absolute Gasteiger partial charge is 0.321 e. The molecule has 0 atom stereocenters. The largest absolute Gasteiger partial charge is 0.463 e. The molecular formula is C11H12ClN5OS. The highest BCUT2D eigenvalue weighted by Gasteiger charge is 2.09. The molecule has 0 unspecified atom stereocenters. The van der Waals surface area contributed by atoms with E-state index in [4.69, 9.17) is 16.3 Å². The molecule has 6 nitrogen and oxygen atoms in total. The van der Waals surface area contributed by atoms with E-state index in [9.17, 15) is 0 Å². The first-order chi connectivity index (χ1) is 9.17. The molecule has 0 spiro atoms. The van der Waals surface area contributed by atoms with Gasteiger partial charge in [0.15, 0.2) is 5.16 Å². The van der Waals surface area contributed by atoms with Gasteiger partial charge in [-0.3, -0.25) is 0 Å². The van der Waals surface area contributed by atoms with Gasteiger partial charge in [-0.05, 0) is 42.3 Å². The van der Waals surface area contributed by atoms with Crippen molar-refractivity contribution >= 4 is 23.4 Å². The molecule has 0 saturated heterocycles. The second kappa shape index (κ2) is 6.63. The van der Waals surface area contributed by atoms with Gasteiger partial charge in [0.25, 0.3) is 0 Å². The summed E-state index contributed by atoms with van der Waals surface area (Å²) in [6, 6.07) is 0.219. The van der Waals surface area contributed by atoms with Crippen LogP contribution in [0.3, 0.4) is 0 Å². The van der Waals surface area contributed by atoms with Crippen molar-refractivity contribution < 1.29 is 4.74 Å². The number of hydrogen-bond acceptors (Lipinski definition) is 7. The monoisotopic (exact) mass is 297 g/mol. The van der Waals surface area contributed by atoms with E-state index in [-0.39, 0.29) is 11.3 Å². The average molecular weight is 298 g/mol. The van der Waals surface area contributed by atoms with Crippen LogP contribution in [0.1, 0.15) is 18.9 Å². The van der Waals surface area contributed by atoms with Crippen molar-refractivity contribution in [2.24, 2.45) is 0 Å². The van der Waals surface area contributed by atoms with Crippen LogP contribution in [0, 0.1) is 6.92 Å². The third-order valence-electron chi connectivity index (χ3n) is 1.94. The Morgan fingerprint density at radius 3 is 2.58 bits per heavy atom. The van der Waals surface area contributed by atoms with Gasteiger partial charge in [-0.15, -0.1) is 0 Å². The summed E-state index contributed by atoms with van der Waals surface area (Å²) in [5, 5.41) is 1.06. The molecule has 0 bridgehead atoms. The summed E-state index contributed by atoms with van der Waals surface area (Å²) in [4.78, 5) is 20.4. The third-order valence-corrected chi connectivity index (χ3v) is 2.87. The number of aryl methyl sites for hydroxylation is 1. The van der Waals surface area contributed by atoms with Crippen LogP contribution >= 0.6 is 23.4 Å². The van der Waals surface area contributed by atoms with Crippen molar-refractivity contribution in [2.45, 2.75) is 30.6 Å². The van der Waals surface area contributed by atoms with E-state index in [0.29, 0.717) is 16.9 Å². The maximum Gasteiger partial charge on any atom is 0.321 e. The zero-order valence-corrected chi connectivity index (χ0v) is 12.1. The summed E-state index contributed by atoms with van der Waals surface area (Å²) in [5.41, 5.74) is 0.991. The quantitative estimate of drug-likeness (QED) is 0.785. The van der Waals surface area contributed by atoms with Crippen molar-refractivity contribution in [1.29, 1.82) is 0 Å². The summed E-state index contributed by atoms with van der Waals surface area (Å²) in [7, 11) is 0. The first kappa shape index (κ1) is 14.0. The lowest BCUT2D eigenvalue weighted by Crippen LogP contribution is -2.02. The van der Waals surface area contributed by atoms with Crippen LogP contribution in [0.25, 0.3) is 0 Å². The molecule has 0 aromatic carbocycles. The molecule has 0 fully saturated rings. The molecule has 8 heteroatoms. The first-order valence-electron chi connectivity index (χ1n) is 5.68. The molecule has 2 heterocycles. The molecule has 2 rings (SSSR count). The number of aromatic nitrogens is 5. The summed E-state index contributed by atoms with van der Waals surface area (Å²) >= 11 is 7.03. The van der Waals surface area contributed by atoms with Crippen LogP contribution in [-0.2, 0) is 0 Å². The lowest BCUT2D eigenvalue weighted by Gasteiger charge is -2.04. The Morgan fingerprint density at radius 2 is 1.89 bits per heavy atom. The Kier molecular flexibility index (Phi) is 4.86. The molecule has 0 aliphatic rings. The molecule has 0 radical (unpaired) electrons. The molecule has 0 amide bonds. The standard InChI is InChI=1S/C11H12ClN5OS/c1-3-4-18-9-15-8(12)16-11(17-9)19-10-13-5-7(2)6-14-10/h5-6H,3-4H2,1-2H3. The molecule has 19 heavy (non-hydrogen) atoms. The number of rotatable bonds is 5. The molecule has 2 aromatic rings. The Hall–Kier alpha value is -1.47. The van der Waals surface area contributed by atoms with E-state index in [0.717, 1.165) is 12.0 Å². The lowest BCUT2D eigenvalue weighted by molar-refractivity contribution is 0.288. The SMILES string of the molecule is CCCOc1nc(Cl)nc(Sc2ncc(C)cn2)n1. The van der Waals surface area contributed by atoms with Gasteiger partial charge in [-0.1, -0.05) is 6.92 Å². The number of ether oxygens (including phenoxy) is 1. The van der Waals surface area contributed by atoms with Gasteiger partial charge in [0.2, 0.25) is 10.4 Å². The second-order valence-electron chi connectivity index (χ2n) is 3.66. The van der Waals surface area contributed by atoms with Gasteiger partial charge >= 0.3 is 6.01 Å². The van der Waals surface area contributed by atoms with Crippen LogP contribution in [0.15, 0.2) is 22.7 Å². The maximum atomic E-state index is 5.82. The van der Waals surface area contributed by atoms with Gasteiger partial charge in [-0.2, -0.15) is 15.0 Å². The van der Waals surface area contributed by atoms with E-state index in [1.54, 1.807) is 12.4 Å². The van der Waals surface area contributed by atoms with Crippen LogP contribution in [0.2, 0.25) is 5.28 Å². The van der Waals surface area contributed by atoms with Crippen LogP contribution in [0.4, 0.5) is 0 Å². The van der Waals surface area contributed by atoms with Gasteiger partial charge in [-0.25, -0.2) is 9.97 Å². The average Bonchev–Trinajstić information content (AvgIpc) is 2.38. The molecule has 0 aliphatic heterocycles. The van der Waals surface area contributed by atoms with E-state index in [2.05, 4.69) is 24.9 Å². The summed E-state index contributed by atoms with van der Waals surface area (Å²) in [6.07, 6.45) is 4.33. The summed E-state index contributed by atoms with van der Waals surface area (Å²) < 4.78 is 5.33. The fraction of sp³-hybridized carbons (Fsp3) is 0.364. The topological polar surface area (TPSA) is 73.7 Å². The molecule has 2 aromatic heterocycles. The third kappa shape index (κ3) is 4.29. The molecular weight excluding hydrogens is 286 g/mol. The second-order valence-corrected chi connectivity index (χ2v) is 4.94. The van der Waals surface area contributed by atoms with Crippen molar-refractivity contribution in [1.82, 2.24) is 24.9 Å². The normalized spacial score (nSPS) is 10.5. The van der Waals surface area contributed by atoms with Crippen molar-refractivity contribution in [3.8, 4) is 6.01 Å². The van der Waals surface area contributed by atoms with E-state index in [1.165, 1.54) is 11.8 Å². The van der Waals surface area contributed by atoms with Crippen molar-refractivity contribution in [3.63, 3.8) is 0 Å². The first-order valence-corrected chi connectivity index (χ1v) is 6.87. The molecule has 0 aliphatic carbocycles. The van der Waals surface area contributed by atoms with Gasteiger partial charge in [0.1, 0.15) is 0 Å². The van der Waals surface area contributed by atoms with Gasteiger partial charge < -0.3 is 4.74 Å². The zero-order valence-electron chi connectivity index (χ0n) is 10.5. The van der Waals surface area contributed by atoms with E-state index >= 15 is 0 Å². The minimum absolute atomic E-state index is 0.0933. The minimum atomic E-state index is 0.0933. The predicted molar refractivity (Wildman–Crippen MR) is 71.5 cm³/mol. The highest BCUT2D eigenvalue weighted by atomic mass is 35.5. The van der Waals surface area contributed by atoms with Crippen molar-refractivity contribution in [3.05, 3.63) is 23.2 Å². The zero-order chi connectivity index (χ0) is 13.7. The van der Waals surface area contributed by atoms with Crippen LogP contribution in [0.5, 0.6) is 6.01 Å². The number of halogens is 1. The Bertz CT molecular complexity index is 551. The van der Waals surface area contributed by atoms with Crippen molar-refractivity contribution in [2.75, 3.05) is 6.61 Å². The summed E-state index contributed by atoms with van der Waals surface area (Å²) in [6.45, 7) is 4.45. The van der Waals surface area contributed by atoms with Crippen LogP contribution in [-0.4, -0.2) is 31.5 Å². The van der Waals surface area contributed by atoms with E-state index < -0.39 is 0 Å². The Balaban J connectivity index is 2.15. The number of nitrogens with zero attached hydrogens (tertiary/aromatic N) is 5. The van der Waals surface area contributed by atoms with E-state index in [1.807, 2.05) is 13.8 Å². The maximum absolute atomic E-state index is 5.82. The lowest BCUT2D eigenvalue weighted by atomic mass is 10.4. The summed E-state index contributed by atoms with van der Waals surface area (Å²) in [5.74, 6) is 0. The van der Waals surface area contributed by atoms with Gasteiger partial charge in [0.05, 0.1) is 6.61 Å². The molecule has 100 valence electrons. The fourth-order valence-corrected chi connectivity index (χ4v) is 1.97. The molecule has 0 saturated carbocycles.